The molecular formula is C13H23N3O. The average molecular weight is 237 g/mol. The molecule has 1 aliphatic rings. The summed E-state index contributed by atoms with van der Waals surface area (Å²) in [5, 5.41) is 3.82. The van der Waals surface area contributed by atoms with Crippen molar-refractivity contribution in [3.05, 3.63) is 11.7 Å². The third-order valence-electron chi connectivity index (χ3n) is 3.74. The molecule has 0 spiro atoms. The van der Waals surface area contributed by atoms with E-state index >= 15 is 0 Å². The van der Waals surface area contributed by atoms with Gasteiger partial charge in [-0.1, -0.05) is 25.9 Å². The molecule has 1 aliphatic heterocycles. The van der Waals surface area contributed by atoms with Crippen LogP contribution >= 0.6 is 0 Å². The lowest BCUT2D eigenvalue weighted by atomic mass is 9.75. The summed E-state index contributed by atoms with van der Waals surface area (Å²) in [6, 6.07) is 0. The van der Waals surface area contributed by atoms with Crippen molar-refractivity contribution in [2.45, 2.75) is 47.1 Å². The van der Waals surface area contributed by atoms with E-state index in [9.17, 15) is 0 Å². The van der Waals surface area contributed by atoms with Crippen LogP contribution in [0.3, 0.4) is 0 Å². The van der Waals surface area contributed by atoms with E-state index in [4.69, 9.17) is 4.52 Å². The minimum absolute atomic E-state index is 0.438. The van der Waals surface area contributed by atoms with E-state index in [0.29, 0.717) is 5.41 Å². The first-order chi connectivity index (χ1) is 7.95. The van der Waals surface area contributed by atoms with Gasteiger partial charge in [-0.3, -0.25) is 4.90 Å². The maximum Gasteiger partial charge on any atom is 0.240 e. The third-order valence-corrected chi connectivity index (χ3v) is 3.74. The molecular weight excluding hydrogens is 214 g/mol. The van der Waals surface area contributed by atoms with Gasteiger partial charge in [0.15, 0.2) is 5.82 Å². The molecule has 96 valence electrons. The van der Waals surface area contributed by atoms with Crippen LogP contribution in [0.25, 0.3) is 0 Å². The monoisotopic (exact) mass is 237 g/mol. The normalized spacial score (nSPS) is 19.8. The van der Waals surface area contributed by atoms with Crippen LogP contribution in [0.2, 0.25) is 0 Å². The van der Waals surface area contributed by atoms with Crippen LogP contribution in [-0.2, 0) is 6.54 Å². The second-order valence-electron chi connectivity index (χ2n) is 6.15. The van der Waals surface area contributed by atoms with E-state index in [1.54, 1.807) is 0 Å². The van der Waals surface area contributed by atoms with Crippen LogP contribution in [0.5, 0.6) is 0 Å². The van der Waals surface area contributed by atoms with E-state index in [1.165, 1.54) is 12.8 Å². The molecule has 1 saturated heterocycles. The van der Waals surface area contributed by atoms with E-state index in [1.807, 2.05) is 6.92 Å². The van der Waals surface area contributed by atoms with Gasteiger partial charge in [-0.05, 0) is 44.2 Å². The highest BCUT2D eigenvalue weighted by Crippen LogP contribution is 2.34. The number of aromatic nitrogens is 2. The van der Waals surface area contributed by atoms with Gasteiger partial charge >= 0.3 is 0 Å². The Kier molecular flexibility index (Phi) is 3.52. The summed E-state index contributed by atoms with van der Waals surface area (Å²) in [5.41, 5.74) is 0.438. The predicted molar refractivity (Wildman–Crippen MR) is 66.5 cm³/mol. The minimum Gasteiger partial charge on any atom is -0.338 e. The zero-order chi connectivity index (χ0) is 12.5. The first kappa shape index (κ1) is 12.6. The van der Waals surface area contributed by atoms with Gasteiger partial charge in [0, 0.05) is 0 Å². The summed E-state index contributed by atoms with van der Waals surface area (Å²) < 4.78 is 5.16. The fourth-order valence-corrected chi connectivity index (χ4v) is 2.55. The molecule has 4 heteroatoms. The highest BCUT2D eigenvalue weighted by atomic mass is 16.5. The lowest BCUT2D eigenvalue weighted by molar-refractivity contribution is 0.100. The summed E-state index contributed by atoms with van der Waals surface area (Å²) in [5.74, 6) is 2.31. The Labute approximate surface area is 103 Å². The topological polar surface area (TPSA) is 42.2 Å². The Bertz CT molecular complexity index is 359. The molecule has 17 heavy (non-hydrogen) atoms. The first-order valence-corrected chi connectivity index (χ1v) is 6.46. The summed E-state index contributed by atoms with van der Waals surface area (Å²) in [6.45, 7) is 12.0. The second kappa shape index (κ2) is 4.77. The van der Waals surface area contributed by atoms with Gasteiger partial charge in [-0.2, -0.15) is 4.98 Å². The van der Waals surface area contributed by atoms with Gasteiger partial charge < -0.3 is 4.52 Å². The summed E-state index contributed by atoms with van der Waals surface area (Å²) in [6.07, 6.45) is 2.55. The highest BCUT2D eigenvalue weighted by molar-refractivity contribution is 4.86. The van der Waals surface area contributed by atoms with Gasteiger partial charge in [-0.15, -0.1) is 0 Å². The molecule has 0 aromatic carbocycles. The number of nitrogens with zero attached hydrogens (tertiary/aromatic N) is 3. The summed E-state index contributed by atoms with van der Waals surface area (Å²) >= 11 is 0. The molecule has 1 aromatic heterocycles. The number of likely N-dealkylation sites (tertiary alicyclic amines) is 1. The molecule has 1 aromatic rings. The van der Waals surface area contributed by atoms with E-state index < -0.39 is 0 Å². The molecule has 0 unspecified atom stereocenters. The Hall–Kier alpha value is -0.900. The maximum absolute atomic E-state index is 5.16. The standard InChI is InChI=1S/C13H23N3O/c1-10-14-12(17-15-10)9-16-7-5-11(6-8-16)13(2,3)4/h11H,5-9H2,1-4H3. The van der Waals surface area contributed by atoms with E-state index in [2.05, 4.69) is 35.8 Å². The van der Waals surface area contributed by atoms with Crippen molar-refractivity contribution in [3.8, 4) is 0 Å². The summed E-state index contributed by atoms with van der Waals surface area (Å²) in [4.78, 5) is 6.67. The number of piperidine rings is 1. The SMILES string of the molecule is Cc1noc(CN2CCC(C(C)(C)C)CC2)n1. The van der Waals surface area contributed by atoms with Gasteiger partial charge in [0.25, 0.3) is 0 Å². The largest absolute Gasteiger partial charge is 0.338 e. The van der Waals surface area contributed by atoms with Crippen molar-refractivity contribution in [2.75, 3.05) is 13.1 Å². The van der Waals surface area contributed by atoms with Gasteiger partial charge in [0.1, 0.15) is 0 Å². The molecule has 0 N–H and O–H groups in total. The molecule has 0 amide bonds. The van der Waals surface area contributed by atoms with Gasteiger partial charge in [0.05, 0.1) is 6.54 Å². The van der Waals surface area contributed by atoms with Crippen LogP contribution in [0.1, 0.15) is 45.3 Å². The molecule has 2 rings (SSSR count). The zero-order valence-corrected chi connectivity index (χ0v) is 11.4. The smallest absolute Gasteiger partial charge is 0.240 e. The average Bonchev–Trinajstić information content (AvgIpc) is 2.63. The maximum atomic E-state index is 5.16. The van der Waals surface area contributed by atoms with Crippen LogP contribution < -0.4 is 0 Å². The van der Waals surface area contributed by atoms with Crippen LogP contribution in [0.4, 0.5) is 0 Å². The number of hydrogen-bond acceptors (Lipinski definition) is 4. The number of hydrogen-bond donors (Lipinski definition) is 0. The molecule has 0 bridgehead atoms. The number of rotatable bonds is 2. The van der Waals surface area contributed by atoms with Gasteiger partial charge in [0.2, 0.25) is 5.89 Å². The molecule has 0 saturated carbocycles. The molecule has 1 fully saturated rings. The van der Waals surface area contributed by atoms with Crippen LogP contribution in [-0.4, -0.2) is 28.1 Å². The predicted octanol–water partition coefficient (Wildman–Crippen LogP) is 2.64. The quantitative estimate of drug-likeness (QED) is 0.793. The van der Waals surface area contributed by atoms with E-state index in [0.717, 1.165) is 37.3 Å². The molecule has 4 nitrogen and oxygen atoms in total. The van der Waals surface area contributed by atoms with Crippen molar-refractivity contribution in [1.82, 2.24) is 15.0 Å². The Morgan fingerprint density at radius 1 is 1.29 bits per heavy atom. The number of aryl methyl sites for hydroxylation is 1. The lowest BCUT2D eigenvalue weighted by Gasteiger charge is -2.38. The molecule has 0 aliphatic carbocycles. The fourth-order valence-electron chi connectivity index (χ4n) is 2.55. The molecule has 2 heterocycles. The first-order valence-electron chi connectivity index (χ1n) is 6.46. The Balaban J connectivity index is 1.83. The van der Waals surface area contributed by atoms with Crippen molar-refractivity contribution in [3.63, 3.8) is 0 Å². The fraction of sp³-hybridized carbons (Fsp3) is 0.846. The van der Waals surface area contributed by atoms with Gasteiger partial charge in [-0.25, -0.2) is 0 Å². The third kappa shape index (κ3) is 3.28. The molecule has 0 radical (unpaired) electrons. The lowest BCUT2D eigenvalue weighted by Crippen LogP contribution is -2.37. The van der Waals surface area contributed by atoms with Crippen molar-refractivity contribution < 1.29 is 4.52 Å². The van der Waals surface area contributed by atoms with Crippen molar-refractivity contribution in [1.29, 1.82) is 0 Å². The van der Waals surface area contributed by atoms with Crippen LogP contribution in [0, 0.1) is 18.3 Å². The van der Waals surface area contributed by atoms with Crippen LogP contribution in [0.15, 0.2) is 4.52 Å². The van der Waals surface area contributed by atoms with Crippen molar-refractivity contribution in [2.24, 2.45) is 11.3 Å². The highest BCUT2D eigenvalue weighted by Gasteiger charge is 2.29. The van der Waals surface area contributed by atoms with E-state index in [-0.39, 0.29) is 0 Å². The Morgan fingerprint density at radius 2 is 1.94 bits per heavy atom. The van der Waals surface area contributed by atoms with Crippen molar-refractivity contribution >= 4 is 0 Å². The minimum atomic E-state index is 0.438. The Morgan fingerprint density at radius 3 is 2.41 bits per heavy atom. The molecule has 0 atom stereocenters. The summed E-state index contributed by atoms with van der Waals surface area (Å²) in [7, 11) is 0. The zero-order valence-electron chi connectivity index (χ0n) is 11.4. The second-order valence-corrected chi connectivity index (χ2v) is 6.15.